The topological polar surface area (TPSA) is 41.6 Å². The molecule has 4 rings (SSSR count). The van der Waals surface area contributed by atoms with Gasteiger partial charge in [-0.25, -0.2) is 0 Å². The lowest BCUT2D eigenvalue weighted by Gasteiger charge is -2.41. The van der Waals surface area contributed by atoms with Crippen molar-refractivity contribution in [3.8, 4) is 5.75 Å². The first-order chi connectivity index (χ1) is 18.4. The summed E-state index contributed by atoms with van der Waals surface area (Å²) < 4.78 is 84.8. The summed E-state index contributed by atoms with van der Waals surface area (Å²) in [7, 11) is 0. The number of nitrogens with one attached hydrogen (secondary N) is 1. The number of nitrogens with zero attached hydrogens (tertiary/aromatic N) is 1. The number of carbonyl (C=O) groups excluding carboxylic acids is 1. The molecule has 0 spiro atoms. The monoisotopic (exact) mass is 550 g/mol. The zero-order valence-corrected chi connectivity index (χ0v) is 21.0. The molecule has 1 atom stereocenters. The summed E-state index contributed by atoms with van der Waals surface area (Å²) in [5, 5.41) is 2.89. The van der Waals surface area contributed by atoms with Crippen molar-refractivity contribution in [1.82, 2.24) is 10.2 Å². The van der Waals surface area contributed by atoms with Gasteiger partial charge in [-0.3, -0.25) is 9.69 Å². The lowest BCUT2D eigenvalue weighted by Crippen LogP contribution is -2.60. The molecule has 1 saturated heterocycles. The van der Waals surface area contributed by atoms with E-state index in [1.165, 1.54) is 18.2 Å². The first-order valence-electron chi connectivity index (χ1n) is 12.5. The van der Waals surface area contributed by atoms with Crippen molar-refractivity contribution < 1.29 is 35.9 Å². The average Bonchev–Trinajstić information content (AvgIpc) is 2.89. The molecule has 1 amide bonds. The molecule has 10 heteroatoms. The molecule has 208 valence electrons. The predicted molar refractivity (Wildman–Crippen MR) is 134 cm³/mol. The molecule has 0 radical (unpaired) electrons. The van der Waals surface area contributed by atoms with Crippen LogP contribution in [-0.4, -0.2) is 36.0 Å². The van der Waals surface area contributed by atoms with Crippen LogP contribution in [0.4, 0.5) is 26.3 Å². The molecule has 39 heavy (non-hydrogen) atoms. The van der Waals surface area contributed by atoms with Crippen LogP contribution < -0.4 is 10.1 Å². The van der Waals surface area contributed by atoms with Gasteiger partial charge in [0.25, 0.3) is 5.91 Å². The van der Waals surface area contributed by atoms with Crippen LogP contribution in [0.3, 0.4) is 0 Å². The average molecular weight is 551 g/mol. The molecule has 0 aliphatic carbocycles. The van der Waals surface area contributed by atoms with Crippen molar-refractivity contribution in [2.24, 2.45) is 0 Å². The Hall–Kier alpha value is -3.53. The van der Waals surface area contributed by atoms with E-state index in [0.29, 0.717) is 37.9 Å². The highest BCUT2D eigenvalue weighted by molar-refractivity contribution is 5.86. The minimum Gasteiger partial charge on any atom is -0.476 e. The largest absolute Gasteiger partial charge is 0.476 e. The summed E-state index contributed by atoms with van der Waals surface area (Å²) >= 11 is 0. The van der Waals surface area contributed by atoms with Gasteiger partial charge in [-0.2, -0.15) is 26.3 Å². The standard InChI is InChI=1S/C29H28F6N2O2/c30-28(31,32)23-10-12-25(13-11-23)39-27(26(38)36-16-14-21-6-2-1-3-7-21)15-5-17-37(20-27)19-22-8-4-9-24(18-22)29(33,34)35/h1-4,6-13,18H,5,14-17,19-20H2,(H,36,38). The summed E-state index contributed by atoms with van der Waals surface area (Å²) in [4.78, 5) is 15.4. The molecule has 1 unspecified atom stereocenters. The quantitative estimate of drug-likeness (QED) is 0.326. The number of benzene rings is 3. The second kappa shape index (κ2) is 11.7. The fourth-order valence-corrected chi connectivity index (χ4v) is 4.73. The van der Waals surface area contributed by atoms with E-state index >= 15 is 0 Å². The molecule has 0 aromatic heterocycles. The highest BCUT2D eigenvalue weighted by Gasteiger charge is 2.45. The minimum atomic E-state index is -4.52. The summed E-state index contributed by atoms with van der Waals surface area (Å²) in [6.45, 7) is 1.04. The van der Waals surface area contributed by atoms with Crippen molar-refractivity contribution in [3.63, 3.8) is 0 Å². The Bertz CT molecular complexity index is 1250. The molecule has 0 bridgehead atoms. The maximum absolute atomic E-state index is 13.5. The van der Waals surface area contributed by atoms with Gasteiger partial charge in [0.05, 0.1) is 11.1 Å². The van der Waals surface area contributed by atoms with Crippen molar-refractivity contribution in [1.29, 1.82) is 0 Å². The third-order valence-corrected chi connectivity index (χ3v) is 6.65. The lowest BCUT2D eigenvalue weighted by atomic mass is 9.90. The molecule has 4 nitrogen and oxygen atoms in total. The third kappa shape index (κ3) is 7.53. The van der Waals surface area contributed by atoms with Crippen molar-refractivity contribution in [2.45, 2.75) is 43.8 Å². The Balaban J connectivity index is 1.53. The Labute approximate surface area is 222 Å². The highest BCUT2D eigenvalue weighted by Crippen LogP contribution is 2.34. The number of hydrogen-bond acceptors (Lipinski definition) is 3. The van der Waals surface area contributed by atoms with E-state index in [9.17, 15) is 31.1 Å². The van der Waals surface area contributed by atoms with Gasteiger partial charge in [0.1, 0.15) is 5.75 Å². The van der Waals surface area contributed by atoms with Crippen LogP contribution in [0.1, 0.15) is 35.1 Å². The minimum absolute atomic E-state index is 0.0570. The van der Waals surface area contributed by atoms with Gasteiger partial charge in [-0.1, -0.05) is 48.5 Å². The Kier molecular flexibility index (Phi) is 8.54. The van der Waals surface area contributed by atoms with Gasteiger partial charge in [-0.15, -0.1) is 0 Å². The molecule has 3 aromatic carbocycles. The smallest absolute Gasteiger partial charge is 0.416 e. The number of alkyl halides is 6. The molecule has 1 aliphatic rings. The number of amides is 1. The first-order valence-corrected chi connectivity index (χ1v) is 12.5. The Morgan fingerprint density at radius 3 is 2.18 bits per heavy atom. The summed E-state index contributed by atoms with van der Waals surface area (Å²) in [5.41, 5.74) is -1.59. The number of ether oxygens (including phenoxy) is 1. The van der Waals surface area contributed by atoms with Gasteiger partial charge in [0, 0.05) is 19.6 Å². The molecule has 1 aliphatic heterocycles. The first kappa shape index (κ1) is 28.5. The van der Waals surface area contributed by atoms with E-state index < -0.39 is 35.0 Å². The van der Waals surface area contributed by atoms with Crippen LogP contribution in [0.25, 0.3) is 0 Å². The zero-order chi connectivity index (χ0) is 28.1. The van der Waals surface area contributed by atoms with Gasteiger partial charge >= 0.3 is 12.4 Å². The molecule has 0 saturated carbocycles. The normalized spacial score (nSPS) is 18.5. The maximum atomic E-state index is 13.5. The van der Waals surface area contributed by atoms with Crippen LogP contribution in [-0.2, 0) is 30.1 Å². The maximum Gasteiger partial charge on any atom is 0.416 e. The van der Waals surface area contributed by atoms with Crippen LogP contribution in [0, 0.1) is 0 Å². The molecule has 3 aromatic rings. The van der Waals surface area contributed by atoms with Crippen molar-refractivity contribution in [2.75, 3.05) is 19.6 Å². The van der Waals surface area contributed by atoms with Crippen LogP contribution >= 0.6 is 0 Å². The fourth-order valence-electron chi connectivity index (χ4n) is 4.73. The lowest BCUT2D eigenvalue weighted by molar-refractivity contribution is -0.142. The molecule has 1 N–H and O–H groups in total. The number of piperidine rings is 1. The SMILES string of the molecule is O=C(NCCc1ccccc1)C1(Oc2ccc(C(F)(F)F)cc2)CCCN(Cc2cccc(C(F)(F)F)c2)C1. The third-order valence-electron chi connectivity index (χ3n) is 6.65. The number of rotatable bonds is 8. The van der Waals surface area contributed by atoms with E-state index in [-0.39, 0.29) is 18.8 Å². The highest BCUT2D eigenvalue weighted by atomic mass is 19.4. The molecular formula is C29H28F6N2O2. The number of halogens is 6. The van der Waals surface area contributed by atoms with Crippen LogP contribution in [0.5, 0.6) is 5.75 Å². The van der Waals surface area contributed by atoms with E-state index in [1.807, 2.05) is 35.2 Å². The van der Waals surface area contributed by atoms with Crippen LogP contribution in [0.2, 0.25) is 0 Å². The van der Waals surface area contributed by atoms with Crippen molar-refractivity contribution in [3.05, 3.63) is 101 Å². The van der Waals surface area contributed by atoms with E-state index in [1.54, 1.807) is 6.07 Å². The van der Waals surface area contributed by atoms with Gasteiger partial charge in [-0.05, 0) is 67.3 Å². The van der Waals surface area contributed by atoms with Gasteiger partial charge in [0.2, 0.25) is 0 Å². The molecule has 1 heterocycles. The summed E-state index contributed by atoms with van der Waals surface area (Å²) in [6.07, 6.45) is -7.63. The second-order valence-electron chi connectivity index (χ2n) is 9.62. The van der Waals surface area contributed by atoms with Gasteiger partial charge in [0.15, 0.2) is 5.60 Å². The second-order valence-corrected chi connectivity index (χ2v) is 9.62. The summed E-state index contributed by atoms with van der Waals surface area (Å²) in [6, 6.07) is 18.6. The zero-order valence-electron chi connectivity index (χ0n) is 21.0. The number of carbonyl (C=O) groups is 1. The molecular weight excluding hydrogens is 522 g/mol. The number of likely N-dealkylation sites (tertiary alicyclic amines) is 1. The predicted octanol–water partition coefficient (Wildman–Crippen LogP) is 6.50. The molecule has 1 fully saturated rings. The fraction of sp³-hybridized carbons (Fsp3) is 0.345. The van der Waals surface area contributed by atoms with E-state index in [0.717, 1.165) is 29.8 Å². The van der Waals surface area contributed by atoms with Crippen molar-refractivity contribution >= 4 is 5.91 Å². The summed E-state index contributed by atoms with van der Waals surface area (Å²) in [5.74, 6) is -0.325. The van der Waals surface area contributed by atoms with Crippen LogP contribution in [0.15, 0.2) is 78.9 Å². The van der Waals surface area contributed by atoms with E-state index in [2.05, 4.69) is 5.32 Å². The number of hydrogen-bond donors (Lipinski definition) is 1. The Morgan fingerprint density at radius 1 is 0.846 bits per heavy atom. The van der Waals surface area contributed by atoms with Gasteiger partial charge < -0.3 is 10.1 Å². The Morgan fingerprint density at radius 2 is 1.51 bits per heavy atom. The van der Waals surface area contributed by atoms with E-state index in [4.69, 9.17) is 4.74 Å².